The van der Waals surface area contributed by atoms with E-state index in [0.717, 1.165) is 5.69 Å². The van der Waals surface area contributed by atoms with Gasteiger partial charge >= 0.3 is 0 Å². The highest BCUT2D eigenvalue weighted by atomic mass is 32.1. The highest BCUT2D eigenvalue weighted by Gasteiger charge is 2.12. The van der Waals surface area contributed by atoms with Crippen LogP contribution in [0.2, 0.25) is 0 Å². The van der Waals surface area contributed by atoms with E-state index < -0.39 is 0 Å². The quantitative estimate of drug-likeness (QED) is 0.282. The number of nitrogens with one attached hydrogen (secondary N) is 4. The molecule has 0 radical (unpaired) electrons. The number of nitrogens with zero attached hydrogens (tertiary/aromatic N) is 1. The van der Waals surface area contributed by atoms with Gasteiger partial charge in [-0.15, -0.1) is 11.3 Å². The predicted molar refractivity (Wildman–Crippen MR) is 121 cm³/mol. The maximum atomic E-state index is 12.7. The molecule has 10 heteroatoms. The van der Waals surface area contributed by atoms with Crippen LogP contribution in [0.4, 0.5) is 17.1 Å². The molecule has 0 saturated carbocycles. The zero-order chi connectivity index (χ0) is 22.1. The van der Waals surface area contributed by atoms with Crippen molar-refractivity contribution in [3.8, 4) is 5.75 Å². The highest BCUT2D eigenvalue weighted by Crippen LogP contribution is 2.28. The molecule has 31 heavy (non-hydrogen) atoms. The van der Waals surface area contributed by atoms with E-state index in [9.17, 15) is 9.59 Å². The van der Waals surface area contributed by atoms with Crippen molar-refractivity contribution < 1.29 is 19.1 Å². The number of amides is 2. The Morgan fingerprint density at radius 3 is 2.48 bits per heavy atom. The molecule has 2 amide bonds. The van der Waals surface area contributed by atoms with Gasteiger partial charge in [-0.3, -0.25) is 20.4 Å². The maximum Gasteiger partial charge on any atom is 0.289 e. The van der Waals surface area contributed by atoms with Gasteiger partial charge in [0.05, 0.1) is 30.6 Å². The topological polar surface area (TPSA) is 114 Å². The number of benzene rings is 2. The molecule has 162 valence electrons. The smallest absolute Gasteiger partial charge is 0.289 e. The molecule has 3 rings (SSSR count). The number of thiazole rings is 1. The lowest BCUT2D eigenvalue weighted by Crippen LogP contribution is -2.29. The predicted octanol–water partition coefficient (Wildman–Crippen LogP) is 3.22. The van der Waals surface area contributed by atoms with Crippen LogP contribution in [0.3, 0.4) is 0 Å². The molecule has 1 aromatic heterocycles. The number of rotatable bonds is 10. The average molecular weight is 442 g/mol. The van der Waals surface area contributed by atoms with E-state index in [4.69, 9.17) is 9.47 Å². The zero-order valence-electron chi connectivity index (χ0n) is 17.1. The molecule has 0 aliphatic rings. The van der Waals surface area contributed by atoms with Gasteiger partial charge in [-0.1, -0.05) is 0 Å². The normalized spacial score (nSPS) is 10.3. The third-order valence-electron chi connectivity index (χ3n) is 4.22. The Morgan fingerprint density at radius 1 is 1.03 bits per heavy atom. The van der Waals surface area contributed by atoms with Gasteiger partial charge in [0.15, 0.2) is 0 Å². The number of aromatic nitrogens is 1. The first-order valence-electron chi connectivity index (χ1n) is 9.37. The number of ether oxygens (including phenoxy) is 2. The van der Waals surface area contributed by atoms with Crippen molar-refractivity contribution in [1.82, 2.24) is 10.4 Å². The number of hydrogen-bond acceptors (Lipinski definition) is 8. The van der Waals surface area contributed by atoms with Gasteiger partial charge in [0, 0.05) is 30.3 Å². The van der Waals surface area contributed by atoms with Crippen molar-refractivity contribution in [2.45, 2.75) is 0 Å². The van der Waals surface area contributed by atoms with E-state index in [0.29, 0.717) is 41.5 Å². The molecular formula is C21H23N5O4S. The summed E-state index contributed by atoms with van der Waals surface area (Å²) in [5, 5.41) is 7.68. The van der Waals surface area contributed by atoms with Crippen molar-refractivity contribution in [3.05, 3.63) is 64.6 Å². The number of anilines is 3. The molecule has 3 aromatic rings. The fourth-order valence-electron chi connectivity index (χ4n) is 2.63. The Kier molecular flexibility index (Phi) is 7.79. The summed E-state index contributed by atoms with van der Waals surface area (Å²) >= 11 is 1.33. The minimum Gasteiger partial charge on any atom is -0.495 e. The van der Waals surface area contributed by atoms with Crippen LogP contribution in [0, 0.1) is 0 Å². The summed E-state index contributed by atoms with van der Waals surface area (Å²) in [4.78, 5) is 28.7. The van der Waals surface area contributed by atoms with Crippen LogP contribution in [0.1, 0.15) is 20.8 Å². The molecular weight excluding hydrogens is 418 g/mol. The lowest BCUT2D eigenvalue weighted by atomic mass is 10.1. The summed E-state index contributed by atoms with van der Waals surface area (Å²) in [6, 6.07) is 12.2. The number of carbonyl (C=O) groups excluding carboxylic acids is 2. The third-order valence-corrected chi connectivity index (χ3v) is 4.80. The molecule has 0 atom stereocenters. The molecule has 0 fully saturated rings. The molecule has 0 saturated heterocycles. The van der Waals surface area contributed by atoms with Gasteiger partial charge in [0.25, 0.3) is 11.8 Å². The third kappa shape index (κ3) is 6.17. The van der Waals surface area contributed by atoms with Gasteiger partial charge in [-0.2, -0.15) is 0 Å². The van der Waals surface area contributed by atoms with Crippen LogP contribution in [-0.4, -0.2) is 44.2 Å². The van der Waals surface area contributed by atoms with Gasteiger partial charge in [-0.05, 0) is 42.5 Å². The van der Waals surface area contributed by atoms with Gasteiger partial charge in [-0.25, -0.2) is 4.98 Å². The molecule has 9 nitrogen and oxygen atoms in total. The number of carbonyl (C=O) groups is 2. The molecule has 0 spiro atoms. The number of hydrogen-bond donors (Lipinski definition) is 4. The molecule has 4 N–H and O–H groups in total. The summed E-state index contributed by atoms with van der Waals surface area (Å²) in [5.74, 6) is -0.158. The Morgan fingerprint density at radius 2 is 1.81 bits per heavy atom. The Labute approximate surface area is 183 Å². The molecule has 0 aliphatic carbocycles. The summed E-state index contributed by atoms with van der Waals surface area (Å²) < 4.78 is 10.3. The second-order valence-electron chi connectivity index (χ2n) is 6.32. The first-order valence-corrected chi connectivity index (χ1v) is 10.3. The zero-order valence-corrected chi connectivity index (χ0v) is 17.9. The van der Waals surface area contributed by atoms with E-state index in [1.807, 2.05) is 12.1 Å². The summed E-state index contributed by atoms with van der Waals surface area (Å²) in [6.07, 6.45) is 0. The van der Waals surface area contributed by atoms with Crippen LogP contribution < -0.4 is 26.2 Å². The van der Waals surface area contributed by atoms with Crippen molar-refractivity contribution in [2.75, 3.05) is 43.4 Å². The Bertz CT molecular complexity index is 1010. The van der Waals surface area contributed by atoms with Crippen LogP contribution >= 0.6 is 11.3 Å². The lowest BCUT2D eigenvalue weighted by Gasteiger charge is -2.14. The Balaban J connectivity index is 1.64. The van der Waals surface area contributed by atoms with Crippen molar-refractivity contribution in [2.24, 2.45) is 0 Å². The SMILES string of the molecule is COCCNc1ccc(C(=O)Nc2cc(NNC(=O)c3cscn3)ccc2OC)cc1. The number of hydrazine groups is 1. The van der Waals surface area contributed by atoms with Crippen LogP contribution in [0.15, 0.2) is 53.4 Å². The van der Waals surface area contributed by atoms with E-state index >= 15 is 0 Å². The van der Waals surface area contributed by atoms with Gasteiger partial charge in [0.2, 0.25) is 0 Å². The molecule has 0 unspecified atom stereocenters. The summed E-state index contributed by atoms with van der Waals surface area (Å²) in [7, 11) is 3.16. The monoisotopic (exact) mass is 441 g/mol. The van der Waals surface area contributed by atoms with Crippen molar-refractivity contribution >= 4 is 40.2 Å². The fourth-order valence-corrected chi connectivity index (χ4v) is 3.16. The first kappa shape index (κ1) is 22.1. The van der Waals surface area contributed by atoms with E-state index in [1.165, 1.54) is 18.4 Å². The van der Waals surface area contributed by atoms with E-state index in [1.54, 1.807) is 48.3 Å². The van der Waals surface area contributed by atoms with Gasteiger partial charge < -0.3 is 20.1 Å². The Hall–Kier alpha value is -3.63. The van der Waals surface area contributed by atoms with E-state index in [2.05, 4.69) is 26.5 Å². The summed E-state index contributed by atoms with van der Waals surface area (Å²) in [5.41, 5.74) is 9.69. The lowest BCUT2D eigenvalue weighted by molar-refractivity contribution is 0.0957. The minimum atomic E-state index is -0.359. The largest absolute Gasteiger partial charge is 0.495 e. The van der Waals surface area contributed by atoms with Crippen molar-refractivity contribution in [1.29, 1.82) is 0 Å². The molecule has 2 aromatic carbocycles. The van der Waals surface area contributed by atoms with Crippen LogP contribution in [-0.2, 0) is 4.74 Å². The molecule has 0 aliphatic heterocycles. The first-order chi connectivity index (χ1) is 15.1. The second kappa shape index (κ2) is 11.0. The summed E-state index contributed by atoms with van der Waals surface area (Å²) in [6.45, 7) is 1.27. The highest BCUT2D eigenvalue weighted by molar-refractivity contribution is 7.07. The second-order valence-corrected chi connectivity index (χ2v) is 7.04. The minimum absolute atomic E-state index is 0.287. The molecule has 0 bridgehead atoms. The molecule has 1 heterocycles. The fraction of sp³-hybridized carbons (Fsp3) is 0.190. The van der Waals surface area contributed by atoms with E-state index in [-0.39, 0.29) is 11.8 Å². The van der Waals surface area contributed by atoms with Gasteiger partial charge in [0.1, 0.15) is 11.4 Å². The van der Waals surface area contributed by atoms with Crippen LogP contribution in [0.5, 0.6) is 5.75 Å². The standard InChI is InChI=1S/C21H23N5O4S/c1-29-10-9-22-15-5-3-14(4-6-15)20(27)24-17-11-16(7-8-19(17)30-2)25-26-21(28)18-12-31-13-23-18/h3-8,11-13,22,25H,9-10H2,1-2H3,(H,24,27)(H,26,28). The average Bonchev–Trinajstić information content (AvgIpc) is 3.33. The van der Waals surface area contributed by atoms with Crippen molar-refractivity contribution in [3.63, 3.8) is 0 Å². The maximum absolute atomic E-state index is 12.7. The number of methoxy groups -OCH3 is 2. The van der Waals surface area contributed by atoms with Crippen LogP contribution in [0.25, 0.3) is 0 Å².